The second-order valence-corrected chi connectivity index (χ2v) is 14.2. The van der Waals surface area contributed by atoms with Gasteiger partial charge in [0, 0.05) is 28.0 Å². The molecule has 0 saturated heterocycles. The number of rotatable bonds is 7. The van der Waals surface area contributed by atoms with Crippen LogP contribution in [-0.4, -0.2) is 0 Å². The number of anilines is 3. The van der Waals surface area contributed by atoms with Crippen LogP contribution in [0.25, 0.3) is 44.3 Å². The first-order valence-electron chi connectivity index (χ1n) is 18.6. The number of aryl methyl sites for hydroxylation is 1. The number of nitrogens with zero attached hydrogens (tertiary/aromatic N) is 1. The van der Waals surface area contributed by atoms with E-state index < -0.39 is 5.41 Å². The third kappa shape index (κ3) is 5.10. The van der Waals surface area contributed by atoms with Gasteiger partial charge in [0.25, 0.3) is 0 Å². The summed E-state index contributed by atoms with van der Waals surface area (Å²) < 4.78 is 5.93. The summed E-state index contributed by atoms with van der Waals surface area (Å²) in [7, 11) is 0. The van der Waals surface area contributed by atoms with Gasteiger partial charge in [0.15, 0.2) is 0 Å². The second kappa shape index (κ2) is 12.9. The fourth-order valence-corrected chi connectivity index (χ4v) is 8.71. The molecule has 9 aromatic rings. The Kier molecular flexibility index (Phi) is 7.63. The molecule has 0 aliphatic heterocycles. The van der Waals surface area contributed by atoms with Crippen LogP contribution in [-0.2, 0) is 5.41 Å². The van der Waals surface area contributed by atoms with Crippen molar-refractivity contribution in [3.8, 4) is 33.4 Å². The van der Waals surface area contributed by atoms with Crippen molar-refractivity contribution in [1.82, 2.24) is 0 Å². The molecule has 0 bridgehead atoms. The molecule has 1 aliphatic rings. The standard InChI is InChI=1S/C52H37NO/c1-36-33-42(52(41-16-6-3-7-17-41)49-21-10-8-18-47(49)48-19-9-11-22-50(48)52)35-45(34-36)53(43-27-23-38(24-28-43)37-13-4-2-5-14-37)44-29-25-39(26-30-44)46-20-12-15-40-31-32-54-51(40)46/h2-35H,1H3. The first-order chi connectivity index (χ1) is 26.7. The van der Waals surface area contributed by atoms with Gasteiger partial charge in [0.2, 0.25) is 0 Å². The zero-order chi connectivity index (χ0) is 36.1. The topological polar surface area (TPSA) is 16.4 Å². The Morgan fingerprint density at radius 3 is 1.63 bits per heavy atom. The van der Waals surface area contributed by atoms with Crippen LogP contribution in [0.4, 0.5) is 17.1 Å². The minimum atomic E-state index is -0.496. The zero-order valence-corrected chi connectivity index (χ0v) is 30.0. The maximum atomic E-state index is 5.93. The molecule has 256 valence electrons. The molecule has 0 unspecified atom stereocenters. The number of fused-ring (bicyclic) bond motifs is 4. The lowest BCUT2D eigenvalue weighted by molar-refractivity contribution is 0.617. The van der Waals surface area contributed by atoms with Crippen LogP contribution in [0.5, 0.6) is 0 Å². The predicted octanol–water partition coefficient (Wildman–Crippen LogP) is 13.9. The van der Waals surface area contributed by atoms with Gasteiger partial charge < -0.3 is 9.32 Å². The Morgan fingerprint density at radius 1 is 0.407 bits per heavy atom. The van der Waals surface area contributed by atoms with E-state index in [9.17, 15) is 0 Å². The molecule has 10 rings (SSSR count). The van der Waals surface area contributed by atoms with Crippen molar-refractivity contribution < 1.29 is 4.42 Å². The van der Waals surface area contributed by atoms with E-state index in [0.717, 1.165) is 39.2 Å². The largest absolute Gasteiger partial charge is 0.464 e. The molecule has 1 aromatic heterocycles. The van der Waals surface area contributed by atoms with Gasteiger partial charge in [-0.15, -0.1) is 0 Å². The predicted molar refractivity (Wildman–Crippen MR) is 224 cm³/mol. The lowest BCUT2D eigenvalue weighted by atomic mass is 9.67. The summed E-state index contributed by atoms with van der Waals surface area (Å²) in [6.07, 6.45) is 1.77. The summed E-state index contributed by atoms with van der Waals surface area (Å²) >= 11 is 0. The maximum Gasteiger partial charge on any atom is 0.141 e. The molecule has 0 fully saturated rings. The fraction of sp³-hybridized carbons (Fsp3) is 0.0385. The lowest BCUT2D eigenvalue weighted by Crippen LogP contribution is -2.29. The van der Waals surface area contributed by atoms with E-state index in [-0.39, 0.29) is 0 Å². The molecule has 54 heavy (non-hydrogen) atoms. The fourth-order valence-electron chi connectivity index (χ4n) is 8.71. The van der Waals surface area contributed by atoms with E-state index >= 15 is 0 Å². The van der Waals surface area contributed by atoms with E-state index in [2.05, 4.69) is 206 Å². The van der Waals surface area contributed by atoms with Gasteiger partial charge in [-0.2, -0.15) is 0 Å². The molecule has 1 aliphatic carbocycles. The van der Waals surface area contributed by atoms with Crippen molar-refractivity contribution in [2.24, 2.45) is 0 Å². The summed E-state index contributed by atoms with van der Waals surface area (Å²) in [6.45, 7) is 2.22. The maximum absolute atomic E-state index is 5.93. The summed E-state index contributed by atoms with van der Waals surface area (Å²) in [5.41, 5.74) is 17.2. The van der Waals surface area contributed by atoms with Crippen LogP contribution in [0, 0.1) is 6.92 Å². The molecule has 0 N–H and O–H groups in total. The first-order valence-corrected chi connectivity index (χ1v) is 18.6. The van der Waals surface area contributed by atoms with Crippen molar-refractivity contribution in [2.75, 3.05) is 4.90 Å². The Hall–Kier alpha value is -6.90. The van der Waals surface area contributed by atoms with Crippen molar-refractivity contribution in [3.05, 3.63) is 234 Å². The van der Waals surface area contributed by atoms with Crippen LogP contribution in [0.3, 0.4) is 0 Å². The molecule has 2 nitrogen and oxygen atoms in total. The van der Waals surface area contributed by atoms with Gasteiger partial charge in [-0.3, -0.25) is 0 Å². The van der Waals surface area contributed by atoms with Crippen molar-refractivity contribution in [2.45, 2.75) is 12.3 Å². The molecule has 8 aromatic carbocycles. The van der Waals surface area contributed by atoms with E-state index in [4.69, 9.17) is 4.42 Å². The number of furan rings is 1. The van der Waals surface area contributed by atoms with Gasteiger partial charge >= 0.3 is 0 Å². The summed E-state index contributed by atoms with van der Waals surface area (Å²) in [4.78, 5) is 2.40. The number of hydrogen-bond donors (Lipinski definition) is 0. The second-order valence-electron chi connectivity index (χ2n) is 14.2. The monoisotopic (exact) mass is 691 g/mol. The van der Waals surface area contributed by atoms with Gasteiger partial charge in [-0.05, 0) is 105 Å². The molecule has 0 atom stereocenters. The minimum absolute atomic E-state index is 0.496. The van der Waals surface area contributed by atoms with E-state index in [1.165, 1.54) is 50.1 Å². The van der Waals surface area contributed by atoms with Gasteiger partial charge in [-0.1, -0.05) is 158 Å². The number of hydrogen-bond acceptors (Lipinski definition) is 2. The Labute approximate surface area is 316 Å². The van der Waals surface area contributed by atoms with E-state index in [1.54, 1.807) is 6.26 Å². The molecule has 1 heterocycles. The van der Waals surface area contributed by atoms with E-state index in [1.807, 2.05) is 6.07 Å². The normalized spacial score (nSPS) is 12.7. The minimum Gasteiger partial charge on any atom is -0.464 e. The van der Waals surface area contributed by atoms with Crippen LogP contribution < -0.4 is 4.90 Å². The van der Waals surface area contributed by atoms with Crippen LogP contribution >= 0.6 is 0 Å². The number of para-hydroxylation sites is 1. The van der Waals surface area contributed by atoms with Gasteiger partial charge in [0.1, 0.15) is 5.58 Å². The third-order valence-corrected chi connectivity index (χ3v) is 11.1. The molecule has 0 saturated carbocycles. The SMILES string of the molecule is Cc1cc(N(c2ccc(-c3ccccc3)cc2)c2ccc(-c3cccc4ccoc34)cc2)cc(C2(c3ccccc3)c3ccccc3-c3ccccc32)c1. The highest BCUT2D eigenvalue weighted by Gasteiger charge is 2.46. The third-order valence-electron chi connectivity index (χ3n) is 11.1. The van der Waals surface area contributed by atoms with E-state index in [0.29, 0.717) is 0 Å². The Bertz CT molecular complexity index is 2720. The summed E-state index contributed by atoms with van der Waals surface area (Å²) in [5, 5.41) is 1.10. The lowest BCUT2D eigenvalue weighted by Gasteiger charge is -2.35. The van der Waals surface area contributed by atoms with Crippen molar-refractivity contribution >= 4 is 28.0 Å². The van der Waals surface area contributed by atoms with Gasteiger partial charge in [0.05, 0.1) is 11.7 Å². The van der Waals surface area contributed by atoms with Crippen LogP contribution in [0.15, 0.2) is 211 Å². The average Bonchev–Trinajstić information content (AvgIpc) is 3.84. The smallest absolute Gasteiger partial charge is 0.141 e. The van der Waals surface area contributed by atoms with Gasteiger partial charge in [-0.25, -0.2) is 0 Å². The van der Waals surface area contributed by atoms with Crippen molar-refractivity contribution in [3.63, 3.8) is 0 Å². The highest BCUT2D eigenvalue weighted by atomic mass is 16.3. The highest BCUT2D eigenvalue weighted by Crippen LogP contribution is 2.56. The molecule has 0 radical (unpaired) electrons. The molecule has 0 amide bonds. The highest BCUT2D eigenvalue weighted by molar-refractivity contribution is 5.93. The van der Waals surface area contributed by atoms with Crippen LogP contribution in [0.2, 0.25) is 0 Å². The number of benzene rings is 8. The first kappa shape index (κ1) is 31.8. The molecule has 2 heteroatoms. The molecular formula is C52H37NO. The Balaban J connectivity index is 1.18. The van der Waals surface area contributed by atoms with Crippen molar-refractivity contribution in [1.29, 1.82) is 0 Å². The van der Waals surface area contributed by atoms with Crippen LogP contribution in [0.1, 0.15) is 27.8 Å². The summed E-state index contributed by atoms with van der Waals surface area (Å²) in [6, 6.07) is 72.8. The summed E-state index contributed by atoms with van der Waals surface area (Å²) in [5.74, 6) is 0. The molecular weight excluding hydrogens is 655 g/mol. The quantitative estimate of drug-likeness (QED) is 0.165. The average molecular weight is 692 g/mol. The zero-order valence-electron chi connectivity index (χ0n) is 30.0. The molecule has 0 spiro atoms. The Morgan fingerprint density at radius 2 is 0.963 bits per heavy atom.